The maximum absolute atomic E-state index is 13.0. The van der Waals surface area contributed by atoms with Gasteiger partial charge in [0.1, 0.15) is 0 Å². The Labute approximate surface area is 114 Å². The fraction of sp³-hybridized carbons (Fsp3) is 0.538. The number of nitro benzene ring substituents is 1. The molecule has 110 valence electrons. The second-order valence-corrected chi connectivity index (χ2v) is 5.38. The van der Waals surface area contributed by atoms with Gasteiger partial charge in [0.25, 0.3) is 5.69 Å². The Morgan fingerprint density at radius 2 is 1.90 bits per heavy atom. The second-order valence-electron chi connectivity index (χ2n) is 5.38. The molecular weight excluding hydrogens is 273 g/mol. The summed E-state index contributed by atoms with van der Waals surface area (Å²) >= 11 is 0. The van der Waals surface area contributed by atoms with Crippen LogP contribution in [0.5, 0.6) is 0 Å². The summed E-state index contributed by atoms with van der Waals surface area (Å²) in [5, 5.41) is 13.5. The summed E-state index contributed by atoms with van der Waals surface area (Å²) in [4.78, 5) is 9.79. The van der Waals surface area contributed by atoms with Gasteiger partial charge in [0.05, 0.1) is 10.5 Å². The number of nitro groups is 1. The fourth-order valence-corrected chi connectivity index (χ4v) is 2.59. The minimum absolute atomic E-state index is 0.0903. The molecular formula is C13H15F3N2O2. The summed E-state index contributed by atoms with van der Waals surface area (Å²) in [6.07, 6.45) is -1.10. The molecule has 0 saturated heterocycles. The standard InChI is InChI=1S/C13H15F3N2O2/c1-12(6-2-3-7-12)17-11-5-4-9(18(19)20)8-10(11)13(14,15)16/h4-5,8,17H,2-3,6-7H2,1H3. The lowest BCUT2D eigenvalue weighted by Crippen LogP contribution is -2.32. The minimum atomic E-state index is -4.62. The third-order valence-electron chi connectivity index (χ3n) is 3.66. The van der Waals surface area contributed by atoms with Crippen molar-refractivity contribution in [3.05, 3.63) is 33.9 Å². The van der Waals surface area contributed by atoms with E-state index in [0.29, 0.717) is 6.07 Å². The van der Waals surface area contributed by atoms with Gasteiger partial charge in [-0.25, -0.2) is 0 Å². The summed E-state index contributed by atoms with van der Waals surface area (Å²) in [5.41, 5.74) is -2.01. The zero-order chi connectivity index (χ0) is 15.0. The van der Waals surface area contributed by atoms with E-state index in [9.17, 15) is 23.3 Å². The Kier molecular flexibility index (Phi) is 3.62. The van der Waals surface area contributed by atoms with E-state index in [1.807, 2.05) is 6.92 Å². The minimum Gasteiger partial charge on any atom is -0.379 e. The summed E-state index contributed by atoms with van der Waals surface area (Å²) < 4.78 is 39.1. The molecule has 4 nitrogen and oxygen atoms in total. The zero-order valence-corrected chi connectivity index (χ0v) is 11.0. The molecule has 0 aliphatic heterocycles. The summed E-state index contributed by atoms with van der Waals surface area (Å²) in [6.45, 7) is 1.88. The van der Waals surface area contributed by atoms with Crippen molar-refractivity contribution in [2.24, 2.45) is 0 Å². The lowest BCUT2D eigenvalue weighted by atomic mass is 9.99. The number of anilines is 1. The van der Waals surface area contributed by atoms with Crippen molar-refractivity contribution in [3.8, 4) is 0 Å². The van der Waals surface area contributed by atoms with E-state index in [2.05, 4.69) is 5.32 Å². The highest BCUT2D eigenvalue weighted by Crippen LogP contribution is 2.40. The topological polar surface area (TPSA) is 55.2 Å². The van der Waals surface area contributed by atoms with Crippen molar-refractivity contribution in [1.82, 2.24) is 0 Å². The number of nitrogens with zero attached hydrogens (tertiary/aromatic N) is 1. The Balaban J connectivity index is 2.39. The van der Waals surface area contributed by atoms with Crippen molar-refractivity contribution >= 4 is 11.4 Å². The number of hydrogen-bond acceptors (Lipinski definition) is 3. The van der Waals surface area contributed by atoms with Crippen LogP contribution in [0.1, 0.15) is 38.2 Å². The molecule has 0 bridgehead atoms. The molecule has 1 aromatic rings. The van der Waals surface area contributed by atoms with Crippen LogP contribution in [0.25, 0.3) is 0 Å². The molecule has 7 heteroatoms. The largest absolute Gasteiger partial charge is 0.418 e. The number of nitrogens with one attached hydrogen (secondary N) is 1. The highest BCUT2D eigenvalue weighted by Gasteiger charge is 2.37. The second kappa shape index (κ2) is 4.96. The van der Waals surface area contributed by atoms with Crippen molar-refractivity contribution < 1.29 is 18.1 Å². The summed E-state index contributed by atoms with van der Waals surface area (Å²) in [5.74, 6) is 0. The number of hydrogen-bond donors (Lipinski definition) is 1. The first-order valence-electron chi connectivity index (χ1n) is 6.35. The van der Waals surface area contributed by atoms with E-state index >= 15 is 0 Å². The lowest BCUT2D eigenvalue weighted by Gasteiger charge is -2.28. The lowest BCUT2D eigenvalue weighted by molar-refractivity contribution is -0.385. The predicted octanol–water partition coefficient (Wildman–Crippen LogP) is 4.36. The molecule has 0 radical (unpaired) electrons. The molecule has 1 aromatic carbocycles. The van der Waals surface area contributed by atoms with Crippen molar-refractivity contribution in [1.29, 1.82) is 0 Å². The molecule has 1 aliphatic rings. The molecule has 1 saturated carbocycles. The number of alkyl halides is 3. The van der Waals surface area contributed by atoms with Crippen LogP contribution in [-0.2, 0) is 6.18 Å². The third-order valence-corrected chi connectivity index (χ3v) is 3.66. The van der Waals surface area contributed by atoms with Gasteiger partial charge in [-0.3, -0.25) is 10.1 Å². The molecule has 0 aromatic heterocycles. The van der Waals surface area contributed by atoms with Crippen molar-refractivity contribution in [2.75, 3.05) is 5.32 Å². The van der Waals surface area contributed by atoms with E-state index in [-0.39, 0.29) is 11.2 Å². The van der Waals surface area contributed by atoms with Crippen LogP contribution in [0.2, 0.25) is 0 Å². The van der Waals surface area contributed by atoms with Crippen LogP contribution in [0.15, 0.2) is 18.2 Å². The highest BCUT2D eigenvalue weighted by molar-refractivity contribution is 5.58. The first-order chi connectivity index (χ1) is 9.21. The smallest absolute Gasteiger partial charge is 0.379 e. The maximum Gasteiger partial charge on any atom is 0.418 e. The van der Waals surface area contributed by atoms with Gasteiger partial charge in [-0.2, -0.15) is 13.2 Å². The molecule has 0 amide bonds. The van der Waals surface area contributed by atoms with Gasteiger partial charge in [-0.05, 0) is 25.8 Å². The monoisotopic (exact) mass is 288 g/mol. The van der Waals surface area contributed by atoms with Gasteiger partial charge in [0, 0.05) is 23.4 Å². The van der Waals surface area contributed by atoms with E-state index in [4.69, 9.17) is 0 Å². The third kappa shape index (κ3) is 3.02. The normalized spacial score (nSPS) is 18.0. The molecule has 0 spiro atoms. The van der Waals surface area contributed by atoms with Crippen LogP contribution >= 0.6 is 0 Å². The number of rotatable bonds is 3. The van der Waals surface area contributed by atoms with Crippen LogP contribution in [0.4, 0.5) is 24.5 Å². The fourth-order valence-electron chi connectivity index (χ4n) is 2.59. The van der Waals surface area contributed by atoms with Crippen molar-refractivity contribution in [2.45, 2.75) is 44.3 Å². The van der Waals surface area contributed by atoms with Crippen LogP contribution in [-0.4, -0.2) is 10.5 Å². The predicted molar refractivity (Wildman–Crippen MR) is 68.6 cm³/mol. The molecule has 0 heterocycles. The summed E-state index contributed by atoms with van der Waals surface area (Å²) in [7, 11) is 0. The quantitative estimate of drug-likeness (QED) is 0.664. The van der Waals surface area contributed by atoms with Crippen LogP contribution in [0.3, 0.4) is 0 Å². The number of non-ortho nitro benzene ring substituents is 1. The first kappa shape index (κ1) is 14.6. The van der Waals surface area contributed by atoms with E-state index in [1.165, 1.54) is 0 Å². The van der Waals surface area contributed by atoms with Gasteiger partial charge in [0.15, 0.2) is 0 Å². The molecule has 2 rings (SSSR count). The van der Waals surface area contributed by atoms with E-state index in [1.54, 1.807) is 0 Å². The average molecular weight is 288 g/mol. The van der Waals surface area contributed by atoms with Crippen molar-refractivity contribution in [3.63, 3.8) is 0 Å². The molecule has 20 heavy (non-hydrogen) atoms. The van der Waals surface area contributed by atoms with Gasteiger partial charge < -0.3 is 5.32 Å². The Hall–Kier alpha value is -1.79. The summed E-state index contributed by atoms with van der Waals surface area (Å²) in [6, 6.07) is 2.82. The first-order valence-corrected chi connectivity index (χ1v) is 6.35. The average Bonchev–Trinajstić information content (AvgIpc) is 2.74. The molecule has 0 atom stereocenters. The van der Waals surface area contributed by atoms with Gasteiger partial charge in [0.2, 0.25) is 0 Å². The van der Waals surface area contributed by atoms with Gasteiger partial charge in [-0.15, -0.1) is 0 Å². The Morgan fingerprint density at radius 3 is 2.40 bits per heavy atom. The van der Waals surface area contributed by atoms with E-state index < -0.39 is 22.4 Å². The molecule has 1 aliphatic carbocycles. The number of halogens is 3. The maximum atomic E-state index is 13.0. The Bertz CT molecular complexity index is 523. The highest BCUT2D eigenvalue weighted by atomic mass is 19.4. The van der Waals surface area contributed by atoms with Crippen LogP contribution < -0.4 is 5.32 Å². The Morgan fingerprint density at radius 1 is 1.30 bits per heavy atom. The van der Waals surface area contributed by atoms with Gasteiger partial charge in [-0.1, -0.05) is 12.8 Å². The van der Waals surface area contributed by atoms with E-state index in [0.717, 1.165) is 37.8 Å². The molecule has 1 fully saturated rings. The zero-order valence-electron chi connectivity index (χ0n) is 11.0. The SMILES string of the molecule is CC1(Nc2ccc([N+](=O)[O-])cc2C(F)(F)F)CCCC1. The van der Waals surface area contributed by atoms with Gasteiger partial charge >= 0.3 is 6.18 Å². The number of benzene rings is 1. The molecule has 0 unspecified atom stereocenters. The van der Waals surface area contributed by atoms with Crippen LogP contribution in [0, 0.1) is 10.1 Å². The molecule has 1 N–H and O–H groups in total.